The van der Waals surface area contributed by atoms with Crippen LogP contribution in [0.4, 0.5) is 0 Å². The topological polar surface area (TPSA) is 46.2 Å². The number of amides is 1. The lowest BCUT2D eigenvalue weighted by molar-refractivity contribution is -0.121. The van der Waals surface area contributed by atoms with E-state index in [1.807, 2.05) is 37.3 Å². The van der Waals surface area contributed by atoms with Gasteiger partial charge in [0.15, 0.2) is 5.78 Å². The van der Waals surface area contributed by atoms with Gasteiger partial charge in [-0.15, -0.1) is 0 Å². The molecule has 2 rings (SSSR count). The minimum absolute atomic E-state index is 0.0563. The summed E-state index contributed by atoms with van der Waals surface area (Å²) in [5.74, 6) is -0.183. The molecule has 0 radical (unpaired) electrons. The van der Waals surface area contributed by atoms with Crippen LogP contribution >= 0.6 is 11.6 Å². The standard InChI is InChI=1S/C18H18ClNO2/c1-13(14-5-3-2-4-6-14)20-18(22)12-11-17(21)15-7-9-16(19)10-8-15/h2-10,13H,11-12H2,1H3,(H,20,22). The zero-order valence-electron chi connectivity index (χ0n) is 12.4. The van der Waals surface area contributed by atoms with Crippen LogP contribution in [0.5, 0.6) is 0 Å². The van der Waals surface area contributed by atoms with Crippen molar-refractivity contribution in [3.8, 4) is 0 Å². The van der Waals surface area contributed by atoms with Gasteiger partial charge in [0, 0.05) is 23.4 Å². The fourth-order valence-electron chi connectivity index (χ4n) is 2.15. The average Bonchev–Trinajstić information content (AvgIpc) is 2.54. The number of halogens is 1. The van der Waals surface area contributed by atoms with E-state index < -0.39 is 0 Å². The van der Waals surface area contributed by atoms with E-state index in [2.05, 4.69) is 5.32 Å². The van der Waals surface area contributed by atoms with Gasteiger partial charge in [-0.05, 0) is 36.8 Å². The number of carbonyl (C=O) groups is 2. The highest BCUT2D eigenvalue weighted by Crippen LogP contribution is 2.13. The highest BCUT2D eigenvalue weighted by molar-refractivity contribution is 6.30. The minimum Gasteiger partial charge on any atom is -0.350 e. The third kappa shape index (κ3) is 4.71. The Hall–Kier alpha value is -2.13. The number of ketones is 1. The summed E-state index contributed by atoms with van der Waals surface area (Å²) in [5.41, 5.74) is 1.62. The first-order chi connectivity index (χ1) is 10.6. The molecule has 2 aromatic carbocycles. The molecule has 0 aromatic heterocycles. The lowest BCUT2D eigenvalue weighted by Crippen LogP contribution is -2.26. The Bertz CT molecular complexity index is 638. The molecule has 0 bridgehead atoms. The van der Waals surface area contributed by atoms with E-state index in [9.17, 15) is 9.59 Å². The van der Waals surface area contributed by atoms with Gasteiger partial charge in [-0.25, -0.2) is 0 Å². The van der Waals surface area contributed by atoms with Crippen LogP contribution < -0.4 is 5.32 Å². The number of nitrogens with one attached hydrogen (secondary N) is 1. The fraction of sp³-hybridized carbons (Fsp3) is 0.222. The van der Waals surface area contributed by atoms with Gasteiger partial charge in [-0.3, -0.25) is 9.59 Å². The van der Waals surface area contributed by atoms with Crippen molar-refractivity contribution < 1.29 is 9.59 Å². The second-order valence-electron chi connectivity index (χ2n) is 5.13. The van der Waals surface area contributed by atoms with Crippen LogP contribution in [0.3, 0.4) is 0 Å². The lowest BCUT2D eigenvalue weighted by Gasteiger charge is -2.14. The van der Waals surface area contributed by atoms with E-state index in [4.69, 9.17) is 11.6 Å². The molecule has 1 amide bonds. The van der Waals surface area contributed by atoms with Gasteiger partial charge in [-0.1, -0.05) is 41.9 Å². The van der Waals surface area contributed by atoms with E-state index in [0.717, 1.165) is 5.56 Å². The second-order valence-corrected chi connectivity index (χ2v) is 5.57. The third-order valence-electron chi connectivity index (χ3n) is 3.42. The summed E-state index contributed by atoms with van der Waals surface area (Å²) in [6, 6.07) is 16.4. The molecule has 0 heterocycles. The summed E-state index contributed by atoms with van der Waals surface area (Å²) in [4.78, 5) is 23.9. The van der Waals surface area contributed by atoms with Crippen LogP contribution in [0.25, 0.3) is 0 Å². The van der Waals surface area contributed by atoms with Gasteiger partial charge in [0.1, 0.15) is 0 Å². The van der Waals surface area contributed by atoms with Crippen molar-refractivity contribution in [2.45, 2.75) is 25.8 Å². The Morgan fingerprint density at radius 1 is 1.00 bits per heavy atom. The van der Waals surface area contributed by atoms with E-state index in [1.54, 1.807) is 24.3 Å². The predicted octanol–water partition coefficient (Wildman–Crippen LogP) is 4.18. The molecule has 0 saturated carbocycles. The van der Waals surface area contributed by atoms with Crippen LogP contribution in [0, 0.1) is 0 Å². The van der Waals surface area contributed by atoms with Crippen LogP contribution in [0.2, 0.25) is 5.02 Å². The molecule has 1 unspecified atom stereocenters. The predicted molar refractivity (Wildman–Crippen MR) is 88.0 cm³/mol. The van der Waals surface area contributed by atoms with Crippen molar-refractivity contribution in [2.24, 2.45) is 0 Å². The van der Waals surface area contributed by atoms with Crippen molar-refractivity contribution in [3.05, 3.63) is 70.7 Å². The number of rotatable bonds is 6. The molecule has 22 heavy (non-hydrogen) atoms. The number of carbonyl (C=O) groups excluding carboxylic acids is 2. The molecule has 2 aromatic rings. The summed E-state index contributed by atoms with van der Waals surface area (Å²) in [6.07, 6.45) is 0.369. The first-order valence-electron chi connectivity index (χ1n) is 7.19. The smallest absolute Gasteiger partial charge is 0.220 e. The summed E-state index contributed by atoms with van der Waals surface area (Å²) < 4.78 is 0. The van der Waals surface area contributed by atoms with Crippen molar-refractivity contribution in [3.63, 3.8) is 0 Å². The molecule has 4 heteroatoms. The monoisotopic (exact) mass is 315 g/mol. The molecule has 0 fully saturated rings. The van der Waals surface area contributed by atoms with Gasteiger partial charge in [-0.2, -0.15) is 0 Å². The van der Waals surface area contributed by atoms with E-state index >= 15 is 0 Å². The highest BCUT2D eigenvalue weighted by Gasteiger charge is 2.12. The van der Waals surface area contributed by atoms with Gasteiger partial charge in [0.25, 0.3) is 0 Å². The largest absolute Gasteiger partial charge is 0.350 e. The van der Waals surface area contributed by atoms with Crippen LogP contribution in [-0.2, 0) is 4.79 Å². The quantitative estimate of drug-likeness (QED) is 0.813. The first-order valence-corrected chi connectivity index (χ1v) is 7.57. The second kappa shape index (κ2) is 7.76. The third-order valence-corrected chi connectivity index (χ3v) is 3.67. The van der Waals surface area contributed by atoms with Crippen LogP contribution in [-0.4, -0.2) is 11.7 Å². The van der Waals surface area contributed by atoms with Crippen molar-refractivity contribution >= 4 is 23.3 Å². The zero-order valence-corrected chi connectivity index (χ0v) is 13.1. The Morgan fingerprint density at radius 3 is 2.27 bits per heavy atom. The first kappa shape index (κ1) is 16.2. The normalized spacial score (nSPS) is 11.7. The Morgan fingerprint density at radius 2 is 1.64 bits per heavy atom. The molecular formula is C18H18ClNO2. The maximum atomic E-state index is 12.0. The van der Waals surface area contributed by atoms with Crippen molar-refractivity contribution in [2.75, 3.05) is 0 Å². The zero-order chi connectivity index (χ0) is 15.9. The molecule has 0 saturated heterocycles. The Labute approximate surface area is 135 Å². The molecular weight excluding hydrogens is 298 g/mol. The summed E-state index contributed by atoms with van der Waals surface area (Å²) >= 11 is 5.78. The molecule has 3 nitrogen and oxygen atoms in total. The molecule has 1 N–H and O–H groups in total. The molecule has 1 atom stereocenters. The summed E-state index contributed by atoms with van der Waals surface area (Å²) in [7, 11) is 0. The van der Waals surface area contributed by atoms with Gasteiger partial charge < -0.3 is 5.32 Å². The van der Waals surface area contributed by atoms with Gasteiger partial charge in [0.2, 0.25) is 5.91 Å². The fourth-order valence-corrected chi connectivity index (χ4v) is 2.27. The van der Waals surface area contributed by atoms with Gasteiger partial charge >= 0.3 is 0 Å². The van der Waals surface area contributed by atoms with Crippen molar-refractivity contribution in [1.82, 2.24) is 5.32 Å². The SMILES string of the molecule is CC(NC(=O)CCC(=O)c1ccc(Cl)cc1)c1ccccc1. The van der Waals surface area contributed by atoms with Crippen LogP contribution in [0.1, 0.15) is 41.7 Å². The molecule has 114 valence electrons. The maximum Gasteiger partial charge on any atom is 0.220 e. The molecule has 0 aliphatic rings. The molecule has 0 spiro atoms. The maximum absolute atomic E-state index is 12.0. The average molecular weight is 316 g/mol. The Kier molecular flexibility index (Phi) is 5.73. The van der Waals surface area contributed by atoms with E-state index in [-0.39, 0.29) is 30.6 Å². The van der Waals surface area contributed by atoms with Crippen LogP contribution in [0.15, 0.2) is 54.6 Å². The summed E-state index contributed by atoms with van der Waals surface area (Å²) in [5, 5.41) is 3.49. The number of hydrogen-bond donors (Lipinski definition) is 1. The number of Topliss-reactive ketones (excluding diaryl/α,β-unsaturated/α-hetero) is 1. The van der Waals surface area contributed by atoms with E-state index in [0.29, 0.717) is 10.6 Å². The number of hydrogen-bond acceptors (Lipinski definition) is 2. The molecule has 0 aliphatic heterocycles. The molecule has 0 aliphatic carbocycles. The lowest BCUT2D eigenvalue weighted by atomic mass is 10.1. The minimum atomic E-state index is -0.126. The van der Waals surface area contributed by atoms with Gasteiger partial charge in [0.05, 0.1) is 6.04 Å². The number of benzene rings is 2. The summed E-state index contributed by atoms with van der Waals surface area (Å²) in [6.45, 7) is 1.92. The van der Waals surface area contributed by atoms with E-state index in [1.165, 1.54) is 0 Å². The van der Waals surface area contributed by atoms with Crippen molar-refractivity contribution in [1.29, 1.82) is 0 Å². The highest BCUT2D eigenvalue weighted by atomic mass is 35.5. The Balaban J connectivity index is 1.82.